The summed E-state index contributed by atoms with van der Waals surface area (Å²) in [5.74, 6) is 0.708. The molecule has 1 aromatic rings. The Bertz CT molecular complexity index is 572. The van der Waals surface area contributed by atoms with Crippen molar-refractivity contribution in [1.82, 2.24) is 9.88 Å². The van der Waals surface area contributed by atoms with E-state index < -0.39 is 11.5 Å². The Morgan fingerprint density at radius 3 is 2.50 bits per heavy atom. The SMILES string of the molecule is CC(C)(C)OC(=O)N1CCC(CNc2ccc(C(N)=O)cn2)CC1. The van der Waals surface area contributed by atoms with Crippen LogP contribution in [0.5, 0.6) is 0 Å². The van der Waals surface area contributed by atoms with Crippen molar-refractivity contribution in [3.63, 3.8) is 0 Å². The van der Waals surface area contributed by atoms with Crippen LogP contribution in [0, 0.1) is 5.92 Å². The first-order valence-corrected chi connectivity index (χ1v) is 8.22. The zero-order chi connectivity index (χ0) is 17.7. The van der Waals surface area contributed by atoms with Crippen LogP contribution in [0.4, 0.5) is 10.6 Å². The van der Waals surface area contributed by atoms with Crippen molar-refractivity contribution in [3.05, 3.63) is 23.9 Å². The normalized spacial score (nSPS) is 15.9. The van der Waals surface area contributed by atoms with Crippen molar-refractivity contribution in [2.24, 2.45) is 11.7 Å². The van der Waals surface area contributed by atoms with Crippen LogP contribution in [-0.2, 0) is 4.74 Å². The minimum absolute atomic E-state index is 0.238. The number of primary amides is 1. The molecule has 3 N–H and O–H groups in total. The zero-order valence-corrected chi connectivity index (χ0v) is 14.5. The molecule has 1 aliphatic heterocycles. The fourth-order valence-electron chi connectivity index (χ4n) is 2.54. The molecule has 132 valence electrons. The number of nitrogens with zero attached hydrogens (tertiary/aromatic N) is 2. The van der Waals surface area contributed by atoms with Gasteiger partial charge in [0.15, 0.2) is 0 Å². The van der Waals surface area contributed by atoms with Gasteiger partial charge in [-0.3, -0.25) is 4.79 Å². The zero-order valence-electron chi connectivity index (χ0n) is 14.5. The number of aromatic nitrogens is 1. The maximum atomic E-state index is 12.0. The van der Waals surface area contributed by atoms with Crippen LogP contribution in [0.2, 0.25) is 0 Å². The van der Waals surface area contributed by atoms with E-state index in [1.54, 1.807) is 17.0 Å². The van der Waals surface area contributed by atoms with Gasteiger partial charge in [-0.1, -0.05) is 0 Å². The smallest absolute Gasteiger partial charge is 0.410 e. The summed E-state index contributed by atoms with van der Waals surface area (Å²) in [6.45, 7) is 7.81. The second-order valence-electron chi connectivity index (χ2n) is 7.09. The van der Waals surface area contributed by atoms with Crippen LogP contribution in [0.3, 0.4) is 0 Å². The number of pyridine rings is 1. The molecule has 1 fully saturated rings. The summed E-state index contributed by atoms with van der Waals surface area (Å²) in [5, 5.41) is 3.26. The van der Waals surface area contributed by atoms with Crippen LogP contribution >= 0.6 is 0 Å². The van der Waals surface area contributed by atoms with Gasteiger partial charge in [0.05, 0.1) is 5.56 Å². The number of carbonyl (C=O) groups is 2. The van der Waals surface area contributed by atoms with Crippen LogP contribution in [0.1, 0.15) is 44.0 Å². The molecule has 0 bridgehead atoms. The van der Waals surface area contributed by atoms with Gasteiger partial charge in [-0.2, -0.15) is 0 Å². The Labute approximate surface area is 142 Å². The standard InChI is InChI=1S/C17H26N4O3/c1-17(2,3)24-16(23)21-8-6-12(7-9-21)10-19-14-5-4-13(11-20-14)15(18)22/h4-5,11-12H,6-10H2,1-3H3,(H2,18,22)(H,19,20). The lowest BCUT2D eigenvalue weighted by Gasteiger charge is -2.33. The van der Waals surface area contributed by atoms with E-state index >= 15 is 0 Å². The van der Waals surface area contributed by atoms with Gasteiger partial charge in [-0.05, 0) is 51.7 Å². The molecule has 2 amide bonds. The molecule has 1 aromatic heterocycles. The number of likely N-dealkylation sites (tertiary alicyclic amines) is 1. The predicted molar refractivity (Wildman–Crippen MR) is 91.8 cm³/mol. The van der Waals surface area contributed by atoms with Gasteiger partial charge in [-0.15, -0.1) is 0 Å². The Balaban J connectivity index is 1.75. The van der Waals surface area contributed by atoms with Crippen LogP contribution < -0.4 is 11.1 Å². The number of hydrogen-bond donors (Lipinski definition) is 2. The maximum absolute atomic E-state index is 12.0. The van der Waals surface area contributed by atoms with E-state index in [2.05, 4.69) is 10.3 Å². The van der Waals surface area contributed by atoms with Crippen molar-refractivity contribution in [3.8, 4) is 0 Å². The fourth-order valence-corrected chi connectivity index (χ4v) is 2.54. The third-order valence-corrected chi connectivity index (χ3v) is 3.89. The van der Waals surface area contributed by atoms with Crippen molar-refractivity contribution >= 4 is 17.8 Å². The van der Waals surface area contributed by atoms with Gasteiger partial charge in [0, 0.05) is 25.8 Å². The molecular weight excluding hydrogens is 308 g/mol. The van der Waals surface area contributed by atoms with Crippen LogP contribution in [0.15, 0.2) is 18.3 Å². The molecule has 0 radical (unpaired) electrons. The maximum Gasteiger partial charge on any atom is 0.410 e. The summed E-state index contributed by atoms with van der Waals surface area (Å²) >= 11 is 0. The molecule has 1 aliphatic rings. The first-order valence-electron chi connectivity index (χ1n) is 8.22. The molecule has 24 heavy (non-hydrogen) atoms. The molecule has 1 saturated heterocycles. The largest absolute Gasteiger partial charge is 0.444 e. The van der Waals surface area contributed by atoms with Crippen molar-refractivity contribution < 1.29 is 14.3 Å². The first kappa shape index (κ1) is 18.0. The molecule has 0 aliphatic carbocycles. The fraction of sp³-hybridized carbons (Fsp3) is 0.588. The number of piperidine rings is 1. The Kier molecular flexibility index (Phi) is 5.64. The Hall–Kier alpha value is -2.31. The molecule has 0 aromatic carbocycles. The molecule has 2 rings (SSSR count). The molecule has 0 saturated carbocycles. The molecule has 7 nitrogen and oxygen atoms in total. The van der Waals surface area contributed by atoms with Crippen molar-refractivity contribution in [1.29, 1.82) is 0 Å². The lowest BCUT2D eigenvalue weighted by atomic mass is 9.97. The van der Waals surface area contributed by atoms with E-state index in [9.17, 15) is 9.59 Å². The molecule has 0 unspecified atom stereocenters. The number of hydrogen-bond acceptors (Lipinski definition) is 5. The minimum atomic E-state index is -0.483. The van der Waals surface area contributed by atoms with Gasteiger partial charge < -0.3 is 20.7 Å². The highest BCUT2D eigenvalue weighted by Gasteiger charge is 2.26. The number of nitrogens with two attached hydrogens (primary N) is 1. The van der Waals surface area contributed by atoms with E-state index in [1.807, 2.05) is 20.8 Å². The first-order chi connectivity index (χ1) is 11.2. The average molecular weight is 334 g/mol. The summed E-state index contributed by atoms with van der Waals surface area (Å²) in [4.78, 5) is 29.0. The summed E-state index contributed by atoms with van der Waals surface area (Å²) < 4.78 is 5.40. The summed E-state index contributed by atoms with van der Waals surface area (Å²) in [6, 6.07) is 3.40. The van der Waals surface area contributed by atoms with Crippen LogP contribution in [0.25, 0.3) is 0 Å². The number of carbonyl (C=O) groups excluding carboxylic acids is 2. The second kappa shape index (κ2) is 7.51. The van der Waals surface area contributed by atoms with Crippen molar-refractivity contribution in [2.75, 3.05) is 25.0 Å². The van der Waals surface area contributed by atoms with Gasteiger partial charge in [0.2, 0.25) is 5.91 Å². The predicted octanol–water partition coefficient (Wildman–Crippen LogP) is 2.24. The number of rotatable bonds is 4. The third kappa shape index (κ3) is 5.40. The topological polar surface area (TPSA) is 97.5 Å². The lowest BCUT2D eigenvalue weighted by molar-refractivity contribution is 0.0188. The quantitative estimate of drug-likeness (QED) is 0.880. The number of nitrogens with one attached hydrogen (secondary N) is 1. The number of ether oxygens (including phenoxy) is 1. The summed E-state index contributed by atoms with van der Waals surface area (Å²) in [5.41, 5.74) is 5.12. The van der Waals surface area contributed by atoms with Crippen LogP contribution in [-0.4, -0.2) is 47.1 Å². The molecule has 0 atom stereocenters. The Morgan fingerprint density at radius 1 is 1.33 bits per heavy atom. The highest BCUT2D eigenvalue weighted by atomic mass is 16.6. The summed E-state index contributed by atoms with van der Waals surface area (Å²) in [6.07, 6.45) is 3.07. The molecule has 7 heteroatoms. The number of anilines is 1. The second-order valence-corrected chi connectivity index (χ2v) is 7.09. The highest BCUT2D eigenvalue weighted by molar-refractivity contribution is 5.92. The van der Waals surface area contributed by atoms with Crippen molar-refractivity contribution in [2.45, 2.75) is 39.2 Å². The highest BCUT2D eigenvalue weighted by Crippen LogP contribution is 2.20. The molecular formula is C17H26N4O3. The lowest BCUT2D eigenvalue weighted by Crippen LogP contribution is -2.42. The van der Waals surface area contributed by atoms with E-state index in [4.69, 9.17) is 10.5 Å². The van der Waals surface area contributed by atoms with E-state index in [1.165, 1.54) is 6.20 Å². The van der Waals surface area contributed by atoms with Gasteiger partial charge in [-0.25, -0.2) is 9.78 Å². The minimum Gasteiger partial charge on any atom is -0.444 e. The molecule has 0 spiro atoms. The number of amides is 2. The van der Waals surface area contributed by atoms with Gasteiger partial charge >= 0.3 is 6.09 Å². The van der Waals surface area contributed by atoms with E-state index in [-0.39, 0.29) is 6.09 Å². The summed E-state index contributed by atoms with van der Waals surface area (Å²) in [7, 11) is 0. The molecule has 2 heterocycles. The third-order valence-electron chi connectivity index (χ3n) is 3.89. The van der Waals surface area contributed by atoms with Gasteiger partial charge in [0.25, 0.3) is 0 Å². The van der Waals surface area contributed by atoms with E-state index in [0.717, 1.165) is 25.2 Å². The van der Waals surface area contributed by atoms with Gasteiger partial charge in [0.1, 0.15) is 11.4 Å². The van der Waals surface area contributed by atoms with E-state index in [0.29, 0.717) is 24.6 Å². The monoisotopic (exact) mass is 334 g/mol. The Morgan fingerprint density at radius 2 is 2.00 bits per heavy atom. The average Bonchev–Trinajstić information content (AvgIpc) is 2.52.